The fraction of sp³-hybridized carbons (Fsp3) is 0.500. The molecule has 0 fully saturated rings. The molecule has 1 N–H and O–H groups in total. The standard InChI is InChI=1S/C10H15N5O/c1-3-4-9-12-13-10(16-9)11-7-8-5-6-15(2)14-8/h5-6H,3-4,7H2,1-2H3,(H,11,13). The molecule has 0 aliphatic rings. The fourth-order valence-corrected chi connectivity index (χ4v) is 1.36. The van der Waals surface area contributed by atoms with Crippen LogP contribution in [0.2, 0.25) is 0 Å². The van der Waals surface area contributed by atoms with Crippen LogP contribution in [0.15, 0.2) is 16.7 Å². The first-order chi connectivity index (χ1) is 7.78. The molecule has 86 valence electrons. The van der Waals surface area contributed by atoms with Gasteiger partial charge in [0.25, 0.3) is 0 Å². The molecule has 0 saturated carbocycles. The van der Waals surface area contributed by atoms with Crippen LogP contribution in [0.25, 0.3) is 0 Å². The maximum absolute atomic E-state index is 5.38. The second-order valence-electron chi connectivity index (χ2n) is 3.59. The van der Waals surface area contributed by atoms with Gasteiger partial charge in [0.05, 0.1) is 12.2 Å². The zero-order valence-corrected chi connectivity index (χ0v) is 9.47. The quantitative estimate of drug-likeness (QED) is 0.825. The Labute approximate surface area is 93.7 Å². The van der Waals surface area contributed by atoms with Crippen LogP contribution in [0.4, 0.5) is 6.01 Å². The molecule has 0 aliphatic heterocycles. The third kappa shape index (κ3) is 2.59. The van der Waals surface area contributed by atoms with Crippen molar-refractivity contribution in [3.05, 3.63) is 23.8 Å². The van der Waals surface area contributed by atoms with Gasteiger partial charge in [-0.3, -0.25) is 4.68 Å². The van der Waals surface area contributed by atoms with E-state index < -0.39 is 0 Å². The van der Waals surface area contributed by atoms with E-state index in [-0.39, 0.29) is 0 Å². The van der Waals surface area contributed by atoms with Crippen molar-refractivity contribution in [3.63, 3.8) is 0 Å². The smallest absolute Gasteiger partial charge is 0.315 e. The topological polar surface area (TPSA) is 68.8 Å². The van der Waals surface area contributed by atoms with Gasteiger partial charge in [0.15, 0.2) is 0 Å². The minimum Gasteiger partial charge on any atom is -0.408 e. The molecule has 0 radical (unpaired) electrons. The number of anilines is 1. The summed E-state index contributed by atoms with van der Waals surface area (Å²) in [6.07, 6.45) is 3.72. The van der Waals surface area contributed by atoms with E-state index in [1.807, 2.05) is 19.3 Å². The van der Waals surface area contributed by atoms with Crippen LogP contribution >= 0.6 is 0 Å². The second kappa shape index (κ2) is 4.78. The van der Waals surface area contributed by atoms with Gasteiger partial charge in [0, 0.05) is 19.7 Å². The van der Waals surface area contributed by atoms with Crippen molar-refractivity contribution in [2.24, 2.45) is 7.05 Å². The predicted molar refractivity (Wildman–Crippen MR) is 58.8 cm³/mol. The lowest BCUT2D eigenvalue weighted by molar-refractivity contribution is 0.500. The van der Waals surface area contributed by atoms with Crippen LogP contribution < -0.4 is 5.32 Å². The highest BCUT2D eigenvalue weighted by Gasteiger charge is 2.05. The van der Waals surface area contributed by atoms with Crippen molar-refractivity contribution in [3.8, 4) is 0 Å². The van der Waals surface area contributed by atoms with Crippen LogP contribution in [0.3, 0.4) is 0 Å². The summed E-state index contributed by atoms with van der Waals surface area (Å²) in [6.45, 7) is 2.67. The third-order valence-electron chi connectivity index (χ3n) is 2.12. The largest absolute Gasteiger partial charge is 0.408 e. The Morgan fingerprint density at radius 1 is 1.44 bits per heavy atom. The lowest BCUT2D eigenvalue weighted by Gasteiger charge is -1.96. The molecule has 0 bridgehead atoms. The minimum absolute atomic E-state index is 0.453. The third-order valence-corrected chi connectivity index (χ3v) is 2.12. The molecule has 0 aromatic carbocycles. The average molecular weight is 221 g/mol. The molecule has 2 heterocycles. The van der Waals surface area contributed by atoms with Crippen LogP contribution in [0.5, 0.6) is 0 Å². The highest BCUT2D eigenvalue weighted by molar-refractivity contribution is 5.19. The van der Waals surface area contributed by atoms with E-state index in [1.165, 1.54) is 0 Å². The van der Waals surface area contributed by atoms with Gasteiger partial charge in [0.1, 0.15) is 0 Å². The first-order valence-corrected chi connectivity index (χ1v) is 5.32. The van der Waals surface area contributed by atoms with Crippen molar-refractivity contribution in [1.82, 2.24) is 20.0 Å². The van der Waals surface area contributed by atoms with Gasteiger partial charge >= 0.3 is 6.01 Å². The summed E-state index contributed by atoms with van der Waals surface area (Å²) in [5, 5.41) is 15.1. The van der Waals surface area contributed by atoms with Gasteiger partial charge in [0.2, 0.25) is 5.89 Å². The summed E-state index contributed by atoms with van der Waals surface area (Å²) < 4.78 is 7.14. The molecule has 0 unspecified atom stereocenters. The van der Waals surface area contributed by atoms with Crippen molar-refractivity contribution >= 4 is 6.01 Å². The lowest BCUT2D eigenvalue weighted by atomic mass is 10.3. The Hall–Kier alpha value is -1.85. The second-order valence-corrected chi connectivity index (χ2v) is 3.59. The fourth-order valence-electron chi connectivity index (χ4n) is 1.36. The molecule has 0 spiro atoms. The monoisotopic (exact) mass is 221 g/mol. The number of nitrogens with zero attached hydrogens (tertiary/aromatic N) is 4. The molecular formula is C10H15N5O. The molecule has 6 heteroatoms. The molecule has 2 rings (SSSR count). The van der Waals surface area contributed by atoms with Crippen LogP contribution in [0, 0.1) is 0 Å². The van der Waals surface area contributed by atoms with E-state index in [9.17, 15) is 0 Å². The molecule has 16 heavy (non-hydrogen) atoms. The number of hydrogen-bond donors (Lipinski definition) is 1. The summed E-state index contributed by atoms with van der Waals surface area (Å²) in [5.41, 5.74) is 0.942. The maximum atomic E-state index is 5.38. The van der Waals surface area contributed by atoms with Gasteiger partial charge < -0.3 is 9.73 Å². The summed E-state index contributed by atoms with van der Waals surface area (Å²) in [7, 11) is 1.88. The zero-order valence-electron chi connectivity index (χ0n) is 9.47. The molecule has 2 aromatic rings. The molecule has 0 amide bonds. The van der Waals surface area contributed by atoms with E-state index in [0.29, 0.717) is 18.5 Å². The summed E-state index contributed by atoms with van der Waals surface area (Å²) in [4.78, 5) is 0. The van der Waals surface area contributed by atoms with Crippen molar-refractivity contribution in [2.75, 3.05) is 5.32 Å². The Bertz CT molecular complexity index is 448. The Kier molecular flexibility index (Phi) is 3.19. The summed E-state index contributed by atoms with van der Waals surface area (Å²) in [6, 6.07) is 2.39. The number of hydrogen-bond acceptors (Lipinski definition) is 5. The lowest BCUT2D eigenvalue weighted by Crippen LogP contribution is -2.01. The van der Waals surface area contributed by atoms with Gasteiger partial charge in [-0.15, -0.1) is 5.10 Å². The van der Waals surface area contributed by atoms with Crippen LogP contribution in [-0.2, 0) is 20.0 Å². The van der Waals surface area contributed by atoms with E-state index in [1.54, 1.807) is 4.68 Å². The highest BCUT2D eigenvalue weighted by Crippen LogP contribution is 2.08. The molecular weight excluding hydrogens is 206 g/mol. The Morgan fingerprint density at radius 3 is 3.00 bits per heavy atom. The van der Waals surface area contributed by atoms with Crippen LogP contribution in [0.1, 0.15) is 24.9 Å². The normalized spacial score (nSPS) is 10.6. The minimum atomic E-state index is 0.453. The number of aromatic nitrogens is 4. The Morgan fingerprint density at radius 2 is 2.31 bits per heavy atom. The van der Waals surface area contributed by atoms with Gasteiger partial charge in [-0.2, -0.15) is 5.10 Å². The van der Waals surface area contributed by atoms with Gasteiger partial charge in [-0.1, -0.05) is 12.0 Å². The molecule has 2 aromatic heterocycles. The molecule has 0 atom stereocenters. The van der Waals surface area contributed by atoms with Gasteiger partial charge in [-0.05, 0) is 12.5 Å². The Balaban J connectivity index is 1.89. The van der Waals surface area contributed by atoms with Crippen molar-refractivity contribution in [2.45, 2.75) is 26.3 Å². The molecule has 0 aliphatic carbocycles. The van der Waals surface area contributed by atoms with E-state index in [0.717, 1.165) is 18.5 Å². The molecule has 0 saturated heterocycles. The number of rotatable bonds is 5. The average Bonchev–Trinajstić information content (AvgIpc) is 2.85. The predicted octanol–water partition coefficient (Wildman–Crippen LogP) is 1.37. The highest BCUT2D eigenvalue weighted by atomic mass is 16.4. The summed E-state index contributed by atoms with van der Waals surface area (Å²) >= 11 is 0. The van der Waals surface area contributed by atoms with E-state index in [4.69, 9.17) is 4.42 Å². The SMILES string of the molecule is CCCc1nnc(NCc2ccn(C)n2)o1. The first-order valence-electron chi connectivity index (χ1n) is 5.32. The first kappa shape index (κ1) is 10.7. The van der Waals surface area contributed by atoms with Crippen molar-refractivity contribution < 1.29 is 4.42 Å². The van der Waals surface area contributed by atoms with E-state index >= 15 is 0 Å². The van der Waals surface area contributed by atoms with Crippen LogP contribution in [-0.4, -0.2) is 20.0 Å². The zero-order chi connectivity index (χ0) is 11.4. The molecule has 6 nitrogen and oxygen atoms in total. The van der Waals surface area contributed by atoms with Gasteiger partial charge in [-0.25, -0.2) is 0 Å². The maximum Gasteiger partial charge on any atom is 0.315 e. The van der Waals surface area contributed by atoms with E-state index in [2.05, 4.69) is 27.5 Å². The number of nitrogens with one attached hydrogen (secondary N) is 1. The summed E-state index contributed by atoms with van der Waals surface area (Å²) in [5.74, 6) is 0.672. The number of aryl methyl sites for hydroxylation is 2. The van der Waals surface area contributed by atoms with Crippen molar-refractivity contribution in [1.29, 1.82) is 0 Å².